The Labute approximate surface area is 81.3 Å². The molecule has 3 rings (SSSR count). The number of rotatable bonds is 0. The van der Waals surface area contributed by atoms with Crippen LogP contribution in [-0.4, -0.2) is 4.98 Å². The number of fused-ring (bicyclic) bond motifs is 4. The Hall–Kier alpha value is -1.83. The standard InChI is InChI=1S/C12H9NO/c14-12-5-4-10-9-3-1-2-8(6-9)7-11(10)13-12/h1-5,7H,6H2,(H,13,14). The molecule has 1 aromatic heterocycles. The first kappa shape index (κ1) is 7.56. The van der Waals surface area contributed by atoms with Crippen LogP contribution in [0.1, 0.15) is 17.7 Å². The van der Waals surface area contributed by atoms with Gasteiger partial charge in [0.1, 0.15) is 0 Å². The Morgan fingerprint density at radius 1 is 1.29 bits per heavy atom. The smallest absolute Gasteiger partial charge is 0.248 e. The number of aromatic nitrogens is 1. The molecule has 2 aliphatic carbocycles. The average Bonchev–Trinajstić information content (AvgIpc) is 2.17. The molecule has 0 aromatic carbocycles. The normalized spacial score (nSPS) is 17.1. The van der Waals surface area contributed by atoms with Crippen molar-refractivity contribution >= 4 is 11.6 Å². The van der Waals surface area contributed by atoms with Crippen molar-refractivity contribution in [1.82, 2.24) is 4.98 Å². The predicted molar refractivity (Wildman–Crippen MR) is 56.8 cm³/mol. The van der Waals surface area contributed by atoms with E-state index in [-0.39, 0.29) is 5.56 Å². The van der Waals surface area contributed by atoms with Crippen molar-refractivity contribution in [3.8, 4) is 0 Å². The summed E-state index contributed by atoms with van der Waals surface area (Å²) in [5, 5.41) is 0. The summed E-state index contributed by atoms with van der Waals surface area (Å²) in [5.41, 5.74) is 4.60. The van der Waals surface area contributed by atoms with E-state index in [1.54, 1.807) is 6.07 Å². The fourth-order valence-electron chi connectivity index (χ4n) is 1.98. The quantitative estimate of drug-likeness (QED) is 0.656. The summed E-state index contributed by atoms with van der Waals surface area (Å²) >= 11 is 0. The van der Waals surface area contributed by atoms with Crippen molar-refractivity contribution < 1.29 is 0 Å². The summed E-state index contributed by atoms with van der Waals surface area (Å²) in [6.45, 7) is 0. The second-order valence-corrected chi connectivity index (χ2v) is 3.60. The largest absolute Gasteiger partial charge is 0.322 e. The average molecular weight is 183 g/mol. The lowest BCUT2D eigenvalue weighted by molar-refractivity contribution is 1.15. The van der Waals surface area contributed by atoms with Gasteiger partial charge < -0.3 is 4.98 Å². The summed E-state index contributed by atoms with van der Waals surface area (Å²) in [7, 11) is 0. The first-order chi connectivity index (χ1) is 6.83. The third-order valence-electron chi connectivity index (χ3n) is 2.63. The number of allylic oxidation sites excluding steroid dienone is 5. The van der Waals surface area contributed by atoms with E-state index < -0.39 is 0 Å². The van der Waals surface area contributed by atoms with Gasteiger partial charge in [0.25, 0.3) is 0 Å². The molecule has 2 bridgehead atoms. The van der Waals surface area contributed by atoms with Gasteiger partial charge in [-0.15, -0.1) is 0 Å². The van der Waals surface area contributed by atoms with Gasteiger partial charge in [-0.05, 0) is 29.7 Å². The van der Waals surface area contributed by atoms with Crippen molar-refractivity contribution in [2.75, 3.05) is 0 Å². The van der Waals surface area contributed by atoms with E-state index >= 15 is 0 Å². The molecule has 68 valence electrons. The highest BCUT2D eigenvalue weighted by atomic mass is 16.1. The van der Waals surface area contributed by atoms with Crippen molar-refractivity contribution in [1.29, 1.82) is 0 Å². The minimum Gasteiger partial charge on any atom is -0.322 e. The third kappa shape index (κ3) is 1.01. The Morgan fingerprint density at radius 3 is 3.14 bits per heavy atom. The Bertz CT molecular complexity index is 544. The molecule has 2 heteroatoms. The van der Waals surface area contributed by atoms with Gasteiger partial charge >= 0.3 is 0 Å². The van der Waals surface area contributed by atoms with Crippen molar-refractivity contribution in [3.05, 3.63) is 57.5 Å². The highest BCUT2D eigenvalue weighted by Crippen LogP contribution is 2.33. The van der Waals surface area contributed by atoms with Crippen LogP contribution in [0.5, 0.6) is 0 Å². The van der Waals surface area contributed by atoms with Crippen LogP contribution in [0.2, 0.25) is 0 Å². The minimum absolute atomic E-state index is 0.0369. The number of H-pyrrole nitrogens is 1. The summed E-state index contributed by atoms with van der Waals surface area (Å²) in [6.07, 6.45) is 9.27. The highest BCUT2D eigenvalue weighted by Gasteiger charge is 2.15. The lowest BCUT2D eigenvalue weighted by Gasteiger charge is -2.19. The molecule has 0 fully saturated rings. The molecule has 0 saturated carbocycles. The summed E-state index contributed by atoms with van der Waals surface area (Å²) < 4.78 is 0. The molecule has 1 aromatic rings. The number of aromatic amines is 1. The van der Waals surface area contributed by atoms with Crippen molar-refractivity contribution in [2.45, 2.75) is 6.42 Å². The number of hydrogen-bond donors (Lipinski definition) is 1. The van der Waals surface area contributed by atoms with Gasteiger partial charge in [-0.25, -0.2) is 0 Å². The van der Waals surface area contributed by atoms with Gasteiger partial charge in [0, 0.05) is 17.3 Å². The van der Waals surface area contributed by atoms with Crippen LogP contribution in [-0.2, 0) is 0 Å². The summed E-state index contributed by atoms with van der Waals surface area (Å²) in [6, 6.07) is 3.48. The highest BCUT2D eigenvalue weighted by molar-refractivity contribution is 5.83. The van der Waals surface area contributed by atoms with E-state index in [1.165, 1.54) is 11.1 Å². The van der Waals surface area contributed by atoms with Crippen LogP contribution in [0.25, 0.3) is 11.6 Å². The predicted octanol–water partition coefficient (Wildman–Crippen LogP) is 2.12. The van der Waals surface area contributed by atoms with Crippen LogP contribution in [0, 0.1) is 0 Å². The van der Waals surface area contributed by atoms with Gasteiger partial charge in [-0.1, -0.05) is 18.2 Å². The molecule has 0 atom stereocenters. The van der Waals surface area contributed by atoms with Gasteiger partial charge in [0.15, 0.2) is 0 Å². The van der Waals surface area contributed by atoms with E-state index in [2.05, 4.69) is 23.2 Å². The molecule has 14 heavy (non-hydrogen) atoms. The molecule has 0 radical (unpaired) electrons. The first-order valence-corrected chi connectivity index (χ1v) is 4.64. The molecule has 1 N–H and O–H groups in total. The zero-order valence-electron chi connectivity index (χ0n) is 7.58. The Balaban J connectivity index is 2.34. The minimum atomic E-state index is -0.0369. The zero-order chi connectivity index (χ0) is 9.54. The molecule has 0 spiro atoms. The number of pyridine rings is 1. The van der Waals surface area contributed by atoms with Gasteiger partial charge in [-0.2, -0.15) is 0 Å². The number of hydrogen-bond acceptors (Lipinski definition) is 1. The molecule has 2 aliphatic rings. The first-order valence-electron chi connectivity index (χ1n) is 4.64. The van der Waals surface area contributed by atoms with Gasteiger partial charge in [0.2, 0.25) is 5.56 Å². The fourth-order valence-corrected chi connectivity index (χ4v) is 1.98. The molecule has 2 nitrogen and oxygen atoms in total. The molecule has 0 unspecified atom stereocenters. The second kappa shape index (κ2) is 2.58. The van der Waals surface area contributed by atoms with E-state index in [0.29, 0.717) is 0 Å². The summed E-state index contributed by atoms with van der Waals surface area (Å²) in [4.78, 5) is 14.0. The maximum atomic E-state index is 11.1. The monoisotopic (exact) mass is 183 g/mol. The lowest BCUT2D eigenvalue weighted by Crippen LogP contribution is -2.10. The Kier molecular flexibility index (Phi) is 1.39. The molecule has 0 amide bonds. The summed E-state index contributed by atoms with van der Waals surface area (Å²) in [5.74, 6) is 0. The molecular weight excluding hydrogens is 174 g/mol. The van der Waals surface area contributed by atoms with Crippen LogP contribution in [0.15, 0.2) is 40.7 Å². The molecule has 1 heterocycles. The maximum absolute atomic E-state index is 11.1. The van der Waals surface area contributed by atoms with E-state index in [9.17, 15) is 4.79 Å². The van der Waals surface area contributed by atoms with Crippen LogP contribution in [0.3, 0.4) is 0 Å². The molecular formula is C12H9NO. The topological polar surface area (TPSA) is 32.9 Å². The van der Waals surface area contributed by atoms with Crippen molar-refractivity contribution in [2.24, 2.45) is 0 Å². The number of nitrogens with one attached hydrogen (secondary N) is 1. The van der Waals surface area contributed by atoms with E-state index in [0.717, 1.165) is 17.7 Å². The SMILES string of the molecule is O=c1ccc2c([nH]1)C=C1C=CC=C2C1. The van der Waals surface area contributed by atoms with Crippen molar-refractivity contribution in [3.63, 3.8) is 0 Å². The van der Waals surface area contributed by atoms with Gasteiger partial charge in [0.05, 0.1) is 0 Å². The third-order valence-corrected chi connectivity index (χ3v) is 2.63. The van der Waals surface area contributed by atoms with E-state index in [4.69, 9.17) is 0 Å². The maximum Gasteiger partial charge on any atom is 0.248 e. The van der Waals surface area contributed by atoms with E-state index in [1.807, 2.05) is 12.1 Å². The zero-order valence-corrected chi connectivity index (χ0v) is 7.58. The second-order valence-electron chi connectivity index (χ2n) is 3.60. The van der Waals surface area contributed by atoms with Crippen LogP contribution < -0.4 is 5.56 Å². The fraction of sp³-hybridized carbons (Fsp3) is 0.0833. The molecule has 0 saturated heterocycles. The van der Waals surface area contributed by atoms with Crippen LogP contribution in [0.4, 0.5) is 0 Å². The van der Waals surface area contributed by atoms with Crippen LogP contribution >= 0.6 is 0 Å². The molecule has 0 aliphatic heterocycles. The lowest BCUT2D eigenvalue weighted by atomic mass is 9.87. The Morgan fingerprint density at radius 2 is 2.21 bits per heavy atom. The van der Waals surface area contributed by atoms with Gasteiger partial charge in [-0.3, -0.25) is 4.79 Å².